The number of nitrogens with one attached hydrogen (secondary N) is 2. The molecule has 0 atom stereocenters. The van der Waals surface area contributed by atoms with Crippen LogP contribution < -0.4 is 9.64 Å². The van der Waals surface area contributed by atoms with Gasteiger partial charge in [0.2, 0.25) is 5.88 Å². The van der Waals surface area contributed by atoms with Crippen LogP contribution in [-0.2, 0) is 0 Å². The van der Waals surface area contributed by atoms with Gasteiger partial charge in [-0.15, -0.1) is 0 Å². The van der Waals surface area contributed by atoms with Gasteiger partial charge in [0.1, 0.15) is 11.4 Å². The summed E-state index contributed by atoms with van der Waals surface area (Å²) in [4.78, 5) is 17.4. The Bertz CT molecular complexity index is 1400. The predicted octanol–water partition coefficient (Wildman–Crippen LogP) is 4.44. The fraction of sp³-hybridized carbons (Fsp3) is 0.240. The van der Waals surface area contributed by atoms with Crippen LogP contribution >= 0.6 is 0 Å². The van der Waals surface area contributed by atoms with E-state index in [1.165, 1.54) is 5.69 Å². The van der Waals surface area contributed by atoms with Crippen molar-refractivity contribution < 1.29 is 4.74 Å². The second-order valence-electron chi connectivity index (χ2n) is 8.26. The molecule has 2 aromatic carbocycles. The van der Waals surface area contributed by atoms with Crippen LogP contribution in [0.2, 0.25) is 0 Å². The van der Waals surface area contributed by atoms with Crippen molar-refractivity contribution in [1.82, 2.24) is 30.0 Å². The van der Waals surface area contributed by atoms with E-state index in [-0.39, 0.29) is 0 Å². The number of fused-ring (bicyclic) bond motifs is 2. The SMILES string of the molecule is CCN1CCN(c2ccc3nc(-c4n[nH]c5ccc(Oc6ccccn6)cc45)[nH]c3c2)CC1. The van der Waals surface area contributed by atoms with E-state index in [1.807, 2.05) is 36.4 Å². The third kappa shape index (κ3) is 3.78. The number of imidazole rings is 1. The van der Waals surface area contributed by atoms with E-state index >= 15 is 0 Å². The van der Waals surface area contributed by atoms with Crippen LogP contribution in [0.25, 0.3) is 33.5 Å². The van der Waals surface area contributed by atoms with Crippen molar-refractivity contribution in [3.05, 3.63) is 60.8 Å². The fourth-order valence-electron chi connectivity index (χ4n) is 4.39. The maximum absolute atomic E-state index is 5.91. The van der Waals surface area contributed by atoms with Crippen molar-refractivity contribution in [2.24, 2.45) is 0 Å². The van der Waals surface area contributed by atoms with E-state index in [9.17, 15) is 0 Å². The summed E-state index contributed by atoms with van der Waals surface area (Å²) in [6, 6.07) is 17.9. The van der Waals surface area contributed by atoms with Crippen molar-refractivity contribution in [2.75, 3.05) is 37.6 Å². The summed E-state index contributed by atoms with van der Waals surface area (Å²) < 4.78 is 5.91. The predicted molar refractivity (Wildman–Crippen MR) is 130 cm³/mol. The zero-order chi connectivity index (χ0) is 22.2. The van der Waals surface area contributed by atoms with Gasteiger partial charge >= 0.3 is 0 Å². The normalized spacial score (nSPS) is 14.9. The molecular weight excluding hydrogens is 414 g/mol. The molecule has 0 radical (unpaired) electrons. The Morgan fingerprint density at radius 3 is 2.70 bits per heavy atom. The molecule has 0 aliphatic carbocycles. The van der Waals surface area contributed by atoms with Gasteiger partial charge in [-0.2, -0.15) is 5.10 Å². The second kappa shape index (κ2) is 8.22. The Balaban J connectivity index is 1.31. The minimum Gasteiger partial charge on any atom is -0.439 e. The van der Waals surface area contributed by atoms with E-state index in [0.717, 1.165) is 66.2 Å². The highest BCUT2D eigenvalue weighted by Crippen LogP contribution is 2.31. The van der Waals surface area contributed by atoms with Crippen molar-refractivity contribution in [2.45, 2.75) is 6.92 Å². The number of ether oxygens (including phenoxy) is 1. The number of rotatable bonds is 5. The molecule has 0 spiro atoms. The lowest BCUT2D eigenvalue weighted by molar-refractivity contribution is 0.271. The molecule has 2 N–H and O–H groups in total. The Kier molecular flexibility index (Phi) is 4.92. The van der Waals surface area contributed by atoms with Gasteiger partial charge < -0.3 is 19.5 Å². The number of nitrogens with zero attached hydrogens (tertiary/aromatic N) is 5. The highest BCUT2D eigenvalue weighted by atomic mass is 16.5. The molecule has 0 bridgehead atoms. The molecule has 4 heterocycles. The van der Waals surface area contributed by atoms with Gasteiger partial charge in [0.05, 0.1) is 16.6 Å². The lowest BCUT2D eigenvalue weighted by Crippen LogP contribution is -2.46. The molecule has 3 aromatic heterocycles. The number of piperazine rings is 1. The maximum atomic E-state index is 5.91. The third-order valence-electron chi connectivity index (χ3n) is 6.27. The van der Waals surface area contributed by atoms with Crippen LogP contribution in [0, 0.1) is 0 Å². The molecule has 0 amide bonds. The maximum Gasteiger partial charge on any atom is 0.219 e. The second-order valence-corrected chi connectivity index (χ2v) is 8.26. The van der Waals surface area contributed by atoms with E-state index in [2.05, 4.69) is 55.1 Å². The Morgan fingerprint density at radius 2 is 1.88 bits per heavy atom. The first-order chi connectivity index (χ1) is 16.3. The number of anilines is 1. The van der Waals surface area contributed by atoms with Gasteiger partial charge in [0, 0.05) is 49.5 Å². The highest BCUT2D eigenvalue weighted by Gasteiger charge is 2.18. The lowest BCUT2D eigenvalue weighted by atomic mass is 10.2. The summed E-state index contributed by atoms with van der Waals surface area (Å²) >= 11 is 0. The van der Waals surface area contributed by atoms with Gasteiger partial charge in [0.15, 0.2) is 5.82 Å². The molecule has 5 aromatic rings. The summed E-state index contributed by atoms with van der Waals surface area (Å²) in [5.74, 6) is 1.99. The summed E-state index contributed by atoms with van der Waals surface area (Å²) in [7, 11) is 0. The zero-order valence-electron chi connectivity index (χ0n) is 18.5. The minimum absolute atomic E-state index is 0.554. The van der Waals surface area contributed by atoms with Gasteiger partial charge in [-0.05, 0) is 49.0 Å². The topological polar surface area (TPSA) is 86.0 Å². The molecule has 166 valence electrons. The Labute approximate surface area is 191 Å². The van der Waals surface area contributed by atoms with Gasteiger partial charge in [0.25, 0.3) is 0 Å². The quantitative estimate of drug-likeness (QED) is 0.421. The Morgan fingerprint density at radius 1 is 0.970 bits per heavy atom. The summed E-state index contributed by atoms with van der Waals surface area (Å²) in [5.41, 5.74) is 4.86. The van der Waals surface area contributed by atoms with E-state index in [4.69, 9.17) is 9.72 Å². The molecule has 6 rings (SSSR count). The standard InChI is InChI=1S/C25H25N7O/c1-2-31-11-13-32(14-12-31)17-6-8-21-22(15-17)28-25(27-21)24-19-16-18(7-9-20(19)29-30-24)33-23-5-3-4-10-26-23/h3-10,15-16H,2,11-14H2,1H3,(H,27,28)(H,29,30). The smallest absolute Gasteiger partial charge is 0.219 e. The van der Waals surface area contributed by atoms with Crippen LogP contribution in [-0.4, -0.2) is 62.8 Å². The van der Waals surface area contributed by atoms with Gasteiger partial charge in [-0.3, -0.25) is 5.10 Å². The number of likely N-dealkylation sites (N-methyl/N-ethyl adjacent to an activating group) is 1. The van der Waals surface area contributed by atoms with Crippen LogP contribution in [0.3, 0.4) is 0 Å². The zero-order valence-corrected chi connectivity index (χ0v) is 18.5. The molecule has 1 aliphatic heterocycles. The average Bonchev–Trinajstić information content (AvgIpc) is 3.48. The first-order valence-electron chi connectivity index (χ1n) is 11.3. The Hall–Kier alpha value is -3.91. The molecule has 1 saturated heterocycles. The molecule has 1 aliphatic rings. The largest absolute Gasteiger partial charge is 0.439 e. The molecule has 0 unspecified atom stereocenters. The number of aromatic nitrogens is 5. The summed E-state index contributed by atoms with van der Waals surface area (Å²) in [6.45, 7) is 7.63. The van der Waals surface area contributed by atoms with E-state index in [1.54, 1.807) is 6.20 Å². The highest BCUT2D eigenvalue weighted by molar-refractivity contribution is 5.94. The number of H-pyrrole nitrogens is 2. The minimum atomic E-state index is 0.554. The fourth-order valence-corrected chi connectivity index (χ4v) is 4.39. The summed E-state index contributed by atoms with van der Waals surface area (Å²) in [6.07, 6.45) is 1.71. The third-order valence-corrected chi connectivity index (χ3v) is 6.27. The first kappa shape index (κ1) is 19.8. The number of aromatic amines is 2. The van der Waals surface area contributed by atoms with Crippen molar-refractivity contribution in [3.8, 4) is 23.1 Å². The number of pyridine rings is 1. The number of hydrogen-bond donors (Lipinski definition) is 2. The number of hydrogen-bond acceptors (Lipinski definition) is 6. The van der Waals surface area contributed by atoms with Crippen LogP contribution in [0.4, 0.5) is 5.69 Å². The molecule has 1 fully saturated rings. The molecule has 0 saturated carbocycles. The van der Waals surface area contributed by atoms with Crippen molar-refractivity contribution >= 4 is 27.6 Å². The average molecular weight is 440 g/mol. The van der Waals surface area contributed by atoms with Crippen LogP contribution in [0.5, 0.6) is 11.6 Å². The van der Waals surface area contributed by atoms with Gasteiger partial charge in [-0.25, -0.2) is 9.97 Å². The van der Waals surface area contributed by atoms with E-state index in [0.29, 0.717) is 11.6 Å². The lowest BCUT2D eigenvalue weighted by Gasteiger charge is -2.35. The molecule has 8 heteroatoms. The van der Waals surface area contributed by atoms with Crippen molar-refractivity contribution in [1.29, 1.82) is 0 Å². The molecule has 8 nitrogen and oxygen atoms in total. The van der Waals surface area contributed by atoms with Crippen LogP contribution in [0.1, 0.15) is 6.92 Å². The first-order valence-corrected chi connectivity index (χ1v) is 11.3. The molecule has 33 heavy (non-hydrogen) atoms. The monoisotopic (exact) mass is 439 g/mol. The van der Waals surface area contributed by atoms with Crippen molar-refractivity contribution in [3.63, 3.8) is 0 Å². The van der Waals surface area contributed by atoms with Crippen LogP contribution in [0.15, 0.2) is 60.8 Å². The van der Waals surface area contributed by atoms with E-state index < -0.39 is 0 Å². The summed E-state index contributed by atoms with van der Waals surface area (Å²) in [5, 5.41) is 8.58. The number of benzene rings is 2. The van der Waals surface area contributed by atoms with Gasteiger partial charge in [-0.1, -0.05) is 13.0 Å². The molecular formula is C25H25N7O.